The Bertz CT molecular complexity index is 1440. The third kappa shape index (κ3) is 4.34. The molecule has 0 saturated heterocycles. The number of nitrogens with two attached hydrogens (primary N) is 1. The lowest BCUT2D eigenvalue weighted by molar-refractivity contribution is 0.414. The number of benzene rings is 2. The lowest BCUT2D eigenvalue weighted by Gasteiger charge is -2.22. The fraction of sp³-hybridized carbons (Fsp3) is 0.167. The van der Waals surface area contributed by atoms with E-state index in [1.165, 1.54) is 6.20 Å². The van der Waals surface area contributed by atoms with Crippen molar-refractivity contribution >= 4 is 45.1 Å². The first-order valence-electron chi connectivity index (χ1n) is 10.1. The number of nitriles is 1. The molecule has 33 heavy (non-hydrogen) atoms. The molecule has 8 nitrogen and oxygen atoms in total. The number of fused-ring (bicyclic) bond motifs is 1. The van der Waals surface area contributed by atoms with Crippen molar-refractivity contribution in [3.8, 4) is 17.5 Å². The first kappa shape index (κ1) is 22.5. The Hall–Kier alpha value is -3.65. The van der Waals surface area contributed by atoms with Crippen molar-refractivity contribution in [2.75, 3.05) is 18.2 Å². The second kappa shape index (κ2) is 9.46. The lowest BCUT2D eigenvalue weighted by Crippen LogP contribution is -2.26. The topological polar surface area (TPSA) is 119 Å². The second-order valence-corrected chi connectivity index (χ2v) is 8.16. The maximum absolute atomic E-state index is 13.9. The number of nitrogens with one attached hydrogen (secondary N) is 1. The number of anilines is 2. The van der Waals surface area contributed by atoms with Crippen molar-refractivity contribution in [3.63, 3.8) is 0 Å². The van der Waals surface area contributed by atoms with Crippen LogP contribution in [0.1, 0.15) is 29.8 Å². The van der Waals surface area contributed by atoms with Crippen LogP contribution in [-0.4, -0.2) is 21.6 Å². The first-order chi connectivity index (χ1) is 16.0. The van der Waals surface area contributed by atoms with Crippen molar-refractivity contribution in [3.05, 3.63) is 81.9 Å². The van der Waals surface area contributed by atoms with E-state index in [4.69, 9.17) is 10.5 Å². The van der Waals surface area contributed by atoms with Crippen LogP contribution in [0.5, 0.6) is 5.75 Å². The van der Waals surface area contributed by atoms with E-state index >= 15 is 0 Å². The number of halogens is 1. The SMILES string of the molecule is COc1cccc(-n2c([C@H](C)Nc3nc(N)ncc3C#N)cc3cccc(CI)c3c2=O)c1. The Kier molecular flexibility index (Phi) is 6.46. The second-order valence-electron chi connectivity index (χ2n) is 7.39. The maximum atomic E-state index is 13.9. The lowest BCUT2D eigenvalue weighted by atomic mass is 10.0. The van der Waals surface area contributed by atoms with Gasteiger partial charge in [0.05, 0.1) is 30.4 Å². The summed E-state index contributed by atoms with van der Waals surface area (Å²) in [6.07, 6.45) is 1.37. The van der Waals surface area contributed by atoms with E-state index in [0.717, 1.165) is 10.9 Å². The molecule has 0 aliphatic carbocycles. The van der Waals surface area contributed by atoms with E-state index in [2.05, 4.69) is 43.9 Å². The largest absolute Gasteiger partial charge is 0.497 e. The Balaban J connectivity index is 1.96. The molecule has 0 amide bonds. The molecule has 0 aliphatic rings. The molecule has 2 heterocycles. The van der Waals surface area contributed by atoms with Gasteiger partial charge in [-0.1, -0.05) is 46.9 Å². The fourth-order valence-electron chi connectivity index (χ4n) is 3.77. The van der Waals surface area contributed by atoms with E-state index in [1.807, 2.05) is 55.5 Å². The summed E-state index contributed by atoms with van der Waals surface area (Å²) < 4.78 is 7.77. The molecule has 0 radical (unpaired) electrons. The molecule has 4 aromatic rings. The monoisotopic (exact) mass is 552 g/mol. The normalized spacial score (nSPS) is 11.7. The Morgan fingerprint density at radius 3 is 2.79 bits per heavy atom. The van der Waals surface area contributed by atoms with Crippen molar-refractivity contribution in [1.82, 2.24) is 14.5 Å². The molecule has 0 fully saturated rings. The quantitative estimate of drug-likeness (QED) is 0.270. The summed E-state index contributed by atoms with van der Waals surface area (Å²) in [5, 5.41) is 14.2. The summed E-state index contributed by atoms with van der Waals surface area (Å²) in [6, 6.07) is 16.9. The van der Waals surface area contributed by atoms with Gasteiger partial charge in [-0.25, -0.2) is 4.98 Å². The van der Waals surface area contributed by atoms with Crippen molar-refractivity contribution < 1.29 is 4.74 Å². The van der Waals surface area contributed by atoms with Crippen LogP contribution in [0, 0.1) is 11.3 Å². The predicted octanol–water partition coefficient (Wildman–Crippen LogP) is 4.35. The number of hydrogen-bond acceptors (Lipinski definition) is 7. The zero-order valence-electron chi connectivity index (χ0n) is 18.0. The highest BCUT2D eigenvalue weighted by Crippen LogP contribution is 2.28. The minimum absolute atomic E-state index is 0.0547. The molecule has 3 N–H and O–H groups in total. The number of nitrogens with zero attached hydrogens (tertiary/aromatic N) is 4. The number of hydrogen-bond donors (Lipinski definition) is 2. The van der Waals surface area contributed by atoms with Gasteiger partial charge in [-0.05, 0) is 36.1 Å². The maximum Gasteiger partial charge on any atom is 0.263 e. The fourth-order valence-corrected chi connectivity index (χ4v) is 4.40. The smallest absolute Gasteiger partial charge is 0.263 e. The number of rotatable bonds is 6. The summed E-state index contributed by atoms with van der Waals surface area (Å²) in [5.41, 5.74) is 8.22. The average Bonchev–Trinajstić information content (AvgIpc) is 2.83. The van der Waals surface area contributed by atoms with Crippen LogP contribution < -0.4 is 21.3 Å². The molecule has 166 valence electrons. The molecule has 2 aromatic heterocycles. The predicted molar refractivity (Wildman–Crippen MR) is 137 cm³/mol. The summed E-state index contributed by atoms with van der Waals surface area (Å²) >= 11 is 2.27. The zero-order chi connectivity index (χ0) is 23.5. The molecule has 0 unspecified atom stereocenters. The molecule has 0 saturated carbocycles. The molecular weight excluding hydrogens is 531 g/mol. The van der Waals surface area contributed by atoms with Crippen molar-refractivity contribution in [1.29, 1.82) is 5.26 Å². The number of nitrogen functional groups attached to an aromatic ring is 1. The molecule has 9 heteroatoms. The summed E-state index contributed by atoms with van der Waals surface area (Å²) in [5.74, 6) is 1.01. The van der Waals surface area contributed by atoms with Crippen molar-refractivity contribution in [2.24, 2.45) is 0 Å². The molecule has 0 spiro atoms. The summed E-state index contributed by atoms with van der Waals surface area (Å²) in [7, 11) is 1.59. The van der Waals surface area contributed by atoms with Gasteiger partial charge in [-0.3, -0.25) is 9.36 Å². The van der Waals surface area contributed by atoms with Crippen LogP contribution in [-0.2, 0) is 4.43 Å². The van der Waals surface area contributed by atoms with Gasteiger partial charge in [0.15, 0.2) is 0 Å². The summed E-state index contributed by atoms with van der Waals surface area (Å²) in [6.45, 7) is 1.90. The first-order valence-corrected chi connectivity index (χ1v) is 11.7. The van der Waals surface area contributed by atoms with E-state index in [-0.39, 0.29) is 17.1 Å². The number of aromatic nitrogens is 3. The van der Waals surface area contributed by atoms with Gasteiger partial charge < -0.3 is 15.8 Å². The number of ether oxygens (including phenoxy) is 1. The third-order valence-electron chi connectivity index (χ3n) is 5.34. The van der Waals surface area contributed by atoms with Crippen LogP contribution in [0.4, 0.5) is 11.8 Å². The number of methoxy groups -OCH3 is 1. The highest BCUT2D eigenvalue weighted by Gasteiger charge is 2.20. The average molecular weight is 552 g/mol. The zero-order valence-corrected chi connectivity index (χ0v) is 20.2. The molecule has 1 atom stereocenters. The molecule has 0 bridgehead atoms. The molecule has 2 aromatic carbocycles. The highest BCUT2D eigenvalue weighted by atomic mass is 127. The Morgan fingerprint density at radius 2 is 2.06 bits per heavy atom. The van der Waals surface area contributed by atoms with Gasteiger partial charge in [0.1, 0.15) is 23.2 Å². The Morgan fingerprint density at radius 1 is 1.27 bits per heavy atom. The van der Waals surface area contributed by atoms with Gasteiger partial charge in [0.2, 0.25) is 5.95 Å². The Labute approximate surface area is 204 Å². The van der Waals surface area contributed by atoms with Crippen LogP contribution in [0.15, 0.2) is 59.5 Å². The highest BCUT2D eigenvalue weighted by molar-refractivity contribution is 14.1. The van der Waals surface area contributed by atoms with Crippen LogP contribution in [0.25, 0.3) is 16.5 Å². The van der Waals surface area contributed by atoms with Crippen LogP contribution in [0.2, 0.25) is 0 Å². The van der Waals surface area contributed by atoms with Crippen molar-refractivity contribution in [2.45, 2.75) is 17.4 Å². The third-order valence-corrected chi connectivity index (χ3v) is 6.16. The molecular formula is C24H21IN6O2. The standard InChI is InChI=1S/C24H21IN6O2/c1-14(29-22-17(12-26)13-28-24(27)30-22)20-9-15-5-3-6-16(11-25)21(15)23(32)31(20)18-7-4-8-19(10-18)33-2/h3-10,13-14H,11H2,1-2H3,(H3,27,28,29,30)/t14-/m0/s1. The van der Waals surface area contributed by atoms with E-state index in [1.54, 1.807) is 11.7 Å². The van der Waals surface area contributed by atoms with Gasteiger partial charge >= 0.3 is 0 Å². The molecule has 4 rings (SSSR count). The van der Waals surface area contributed by atoms with Crippen LogP contribution in [0.3, 0.4) is 0 Å². The summed E-state index contributed by atoms with van der Waals surface area (Å²) in [4.78, 5) is 21.9. The van der Waals surface area contributed by atoms with Gasteiger partial charge in [-0.2, -0.15) is 10.2 Å². The van der Waals surface area contributed by atoms with E-state index in [9.17, 15) is 10.1 Å². The van der Waals surface area contributed by atoms with Gasteiger partial charge in [0, 0.05) is 16.2 Å². The number of pyridine rings is 1. The minimum Gasteiger partial charge on any atom is -0.497 e. The van der Waals surface area contributed by atoms with Crippen LogP contribution >= 0.6 is 22.6 Å². The number of alkyl halides is 1. The van der Waals surface area contributed by atoms with E-state index in [0.29, 0.717) is 32.8 Å². The van der Waals surface area contributed by atoms with Gasteiger partial charge in [-0.15, -0.1) is 0 Å². The molecule has 0 aliphatic heterocycles. The minimum atomic E-state index is -0.391. The van der Waals surface area contributed by atoms with Gasteiger partial charge in [0.25, 0.3) is 5.56 Å². The van der Waals surface area contributed by atoms with E-state index < -0.39 is 6.04 Å².